The molecule has 0 aliphatic carbocycles. The van der Waals surface area contributed by atoms with Gasteiger partial charge in [-0.3, -0.25) is 4.79 Å². The van der Waals surface area contributed by atoms with Crippen molar-refractivity contribution in [1.29, 1.82) is 0 Å². The van der Waals surface area contributed by atoms with Gasteiger partial charge in [0, 0.05) is 38.0 Å². The fraction of sp³-hybridized carbons (Fsp3) is 0.556. The summed E-state index contributed by atoms with van der Waals surface area (Å²) in [6.07, 6.45) is 0.962. The fourth-order valence-corrected chi connectivity index (χ4v) is 5.00. The van der Waals surface area contributed by atoms with Crippen LogP contribution in [0.4, 0.5) is 4.79 Å². The largest absolute Gasteiger partial charge is 0.500 e. The predicted molar refractivity (Wildman–Crippen MR) is 100 cm³/mol. The molecule has 0 aliphatic heterocycles. The van der Waals surface area contributed by atoms with Crippen LogP contribution in [0.5, 0.6) is 0 Å². The van der Waals surface area contributed by atoms with Crippen LogP contribution in [0.25, 0.3) is 0 Å². The molecule has 1 rings (SSSR count). The highest BCUT2D eigenvalue weighted by Gasteiger charge is 2.39. The molecule has 1 amide bonds. The molecule has 146 valence electrons. The lowest BCUT2D eigenvalue weighted by molar-refractivity contribution is 0.0706. The van der Waals surface area contributed by atoms with Crippen LogP contribution in [0.3, 0.4) is 0 Å². The van der Waals surface area contributed by atoms with E-state index in [2.05, 4.69) is 5.32 Å². The lowest BCUT2D eigenvalue weighted by atomic mass is 10.2. The van der Waals surface area contributed by atoms with E-state index in [-0.39, 0.29) is 6.61 Å². The van der Waals surface area contributed by atoms with Crippen molar-refractivity contribution in [3.63, 3.8) is 0 Å². The van der Waals surface area contributed by atoms with Crippen LogP contribution in [0.1, 0.15) is 43.1 Å². The normalized spacial score (nSPS) is 11.2. The third kappa shape index (κ3) is 8.09. The van der Waals surface area contributed by atoms with Gasteiger partial charge in [-0.25, -0.2) is 4.79 Å². The standard InChI is InChI=1S/C18H29NO6Si/c1-4-23-26(24-5-2,25-6-3)13-7-12-19-18(21)22-15-17-10-8-16(14-20)9-11-17/h8-11,14H,4-7,12-13,15H2,1-3H3,(H,19,21). The van der Waals surface area contributed by atoms with Crippen LogP contribution in [-0.2, 0) is 24.6 Å². The molecule has 1 N–H and O–H groups in total. The highest BCUT2D eigenvalue weighted by molar-refractivity contribution is 6.60. The number of rotatable bonds is 13. The topological polar surface area (TPSA) is 83.1 Å². The van der Waals surface area contributed by atoms with E-state index < -0.39 is 14.9 Å². The zero-order valence-electron chi connectivity index (χ0n) is 15.8. The number of carbonyl (C=O) groups excluding carboxylic acids is 2. The second-order valence-electron chi connectivity index (χ2n) is 5.45. The third-order valence-corrected chi connectivity index (χ3v) is 6.66. The summed E-state index contributed by atoms with van der Waals surface area (Å²) < 4.78 is 22.5. The van der Waals surface area contributed by atoms with Crippen molar-refractivity contribution < 1.29 is 27.6 Å². The number of hydrogen-bond acceptors (Lipinski definition) is 6. The third-order valence-electron chi connectivity index (χ3n) is 3.51. The fourth-order valence-electron chi connectivity index (χ4n) is 2.39. The zero-order chi connectivity index (χ0) is 19.3. The summed E-state index contributed by atoms with van der Waals surface area (Å²) in [5.41, 5.74) is 1.41. The molecule has 0 unspecified atom stereocenters. The van der Waals surface area contributed by atoms with Crippen LogP contribution in [-0.4, -0.2) is 47.5 Å². The first-order valence-electron chi connectivity index (χ1n) is 8.95. The van der Waals surface area contributed by atoms with E-state index in [1.54, 1.807) is 24.3 Å². The van der Waals surface area contributed by atoms with Gasteiger partial charge in [-0.15, -0.1) is 0 Å². The van der Waals surface area contributed by atoms with E-state index in [9.17, 15) is 9.59 Å². The molecule has 0 spiro atoms. The summed E-state index contributed by atoms with van der Waals surface area (Å²) >= 11 is 0. The zero-order valence-corrected chi connectivity index (χ0v) is 16.8. The van der Waals surface area contributed by atoms with E-state index in [4.69, 9.17) is 18.0 Å². The monoisotopic (exact) mass is 383 g/mol. The summed E-state index contributed by atoms with van der Waals surface area (Å²) in [5, 5.41) is 2.71. The summed E-state index contributed by atoms with van der Waals surface area (Å²) in [4.78, 5) is 22.4. The summed E-state index contributed by atoms with van der Waals surface area (Å²) in [5.74, 6) is 0. The van der Waals surface area contributed by atoms with Gasteiger partial charge >= 0.3 is 14.9 Å². The number of hydrogen-bond donors (Lipinski definition) is 1. The predicted octanol–water partition coefficient (Wildman–Crippen LogP) is 3.16. The molecule has 26 heavy (non-hydrogen) atoms. The Labute approximate surface area is 156 Å². The van der Waals surface area contributed by atoms with Crippen LogP contribution >= 0.6 is 0 Å². The lowest BCUT2D eigenvalue weighted by Crippen LogP contribution is -2.46. The number of benzene rings is 1. The smallest absolute Gasteiger partial charge is 0.445 e. The lowest BCUT2D eigenvalue weighted by Gasteiger charge is -2.28. The molecular formula is C18H29NO6Si. The highest BCUT2D eigenvalue weighted by atomic mass is 28.4. The molecule has 0 saturated heterocycles. The van der Waals surface area contributed by atoms with E-state index in [1.807, 2.05) is 20.8 Å². The van der Waals surface area contributed by atoms with Gasteiger partial charge in [-0.2, -0.15) is 0 Å². The molecule has 0 atom stereocenters. The first-order chi connectivity index (χ1) is 12.6. The minimum Gasteiger partial charge on any atom is -0.445 e. The minimum atomic E-state index is -2.67. The maximum absolute atomic E-state index is 11.8. The van der Waals surface area contributed by atoms with Crippen molar-refractivity contribution >= 4 is 21.2 Å². The van der Waals surface area contributed by atoms with Gasteiger partial charge in [0.05, 0.1) is 0 Å². The molecule has 8 heteroatoms. The van der Waals surface area contributed by atoms with Crippen molar-refractivity contribution in [2.75, 3.05) is 26.4 Å². The molecule has 0 aromatic heterocycles. The molecule has 0 fully saturated rings. The maximum atomic E-state index is 11.8. The SMILES string of the molecule is CCO[Si](CCCNC(=O)OCc1ccc(C=O)cc1)(OCC)OCC. The average molecular weight is 384 g/mol. The van der Waals surface area contributed by atoms with E-state index in [0.29, 0.717) is 44.4 Å². The Bertz CT molecular complexity index is 520. The Morgan fingerprint density at radius 2 is 1.62 bits per heavy atom. The number of amides is 1. The van der Waals surface area contributed by atoms with E-state index in [1.165, 1.54) is 0 Å². The van der Waals surface area contributed by atoms with Gasteiger partial charge in [0.1, 0.15) is 12.9 Å². The maximum Gasteiger partial charge on any atom is 0.500 e. The Balaban J connectivity index is 2.33. The minimum absolute atomic E-state index is 0.153. The highest BCUT2D eigenvalue weighted by Crippen LogP contribution is 2.17. The van der Waals surface area contributed by atoms with Crippen molar-refractivity contribution in [2.45, 2.75) is 39.8 Å². The molecule has 0 bridgehead atoms. The molecule has 1 aromatic carbocycles. The van der Waals surface area contributed by atoms with Gasteiger partial charge in [0.2, 0.25) is 0 Å². The molecule has 1 aromatic rings. The van der Waals surface area contributed by atoms with Gasteiger partial charge in [-0.05, 0) is 32.8 Å². The number of ether oxygens (including phenoxy) is 1. The van der Waals surface area contributed by atoms with Crippen molar-refractivity contribution in [2.24, 2.45) is 0 Å². The van der Waals surface area contributed by atoms with Gasteiger partial charge in [0.25, 0.3) is 0 Å². The number of aldehydes is 1. The quantitative estimate of drug-likeness (QED) is 0.320. The van der Waals surface area contributed by atoms with E-state index >= 15 is 0 Å². The Morgan fingerprint density at radius 3 is 2.12 bits per heavy atom. The summed E-state index contributed by atoms with van der Waals surface area (Å²) in [7, 11) is -2.67. The molecule has 0 saturated carbocycles. The van der Waals surface area contributed by atoms with Crippen LogP contribution < -0.4 is 5.32 Å². The molecule has 0 heterocycles. The van der Waals surface area contributed by atoms with Crippen molar-refractivity contribution in [3.05, 3.63) is 35.4 Å². The van der Waals surface area contributed by atoms with Crippen LogP contribution in [0.2, 0.25) is 6.04 Å². The Kier molecular flexibility index (Phi) is 10.8. The molecule has 0 aliphatic rings. The summed E-state index contributed by atoms with van der Waals surface area (Å²) in [6.45, 7) is 7.94. The molecular weight excluding hydrogens is 354 g/mol. The van der Waals surface area contributed by atoms with Gasteiger partial charge < -0.3 is 23.3 Å². The Hall–Kier alpha value is -1.74. The van der Waals surface area contributed by atoms with Crippen LogP contribution in [0, 0.1) is 0 Å². The number of carbonyl (C=O) groups is 2. The van der Waals surface area contributed by atoms with Crippen molar-refractivity contribution in [1.82, 2.24) is 5.32 Å². The van der Waals surface area contributed by atoms with Gasteiger partial charge in [-0.1, -0.05) is 24.3 Å². The number of nitrogens with one attached hydrogen (secondary N) is 1. The average Bonchev–Trinajstić information content (AvgIpc) is 2.65. The van der Waals surface area contributed by atoms with Crippen molar-refractivity contribution in [3.8, 4) is 0 Å². The second kappa shape index (κ2) is 12.6. The Morgan fingerprint density at radius 1 is 1.04 bits per heavy atom. The van der Waals surface area contributed by atoms with E-state index in [0.717, 1.165) is 11.8 Å². The first kappa shape index (κ1) is 22.3. The molecule has 7 nitrogen and oxygen atoms in total. The summed E-state index contributed by atoms with van der Waals surface area (Å²) in [6, 6.07) is 7.51. The van der Waals surface area contributed by atoms with Crippen LogP contribution in [0.15, 0.2) is 24.3 Å². The first-order valence-corrected chi connectivity index (χ1v) is 10.9. The second-order valence-corrected chi connectivity index (χ2v) is 8.18. The molecule has 0 radical (unpaired) electrons. The van der Waals surface area contributed by atoms with Gasteiger partial charge in [0.15, 0.2) is 0 Å². The number of alkyl carbamates (subject to hydrolysis) is 1.